The highest BCUT2D eigenvalue weighted by molar-refractivity contribution is 9.10. The molecular weight excluding hydrogens is 268 g/mol. The quantitative estimate of drug-likeness (QED) is 0.652. The summed E-state index contributed by atoms with van der Waals surface area (Å²) in [6.07, 6.45) is 0. The van der Waals surface area contributed by atoms with Gasteiger partial charge in [0.1, 0.15) is 0 Å². The second kappa shape index (κ2) is 4.24. The van der Waals surface area contributed by atoms with Gasteiger partial charge >= 0.3 is 0 Å². The second-order valence-corrected chi connectivity index (χ2v) is 6.95. The smallest absolute Gasteiger partial charge is 0.0418 e. The Morgan fingerprint density at radius 3 is 2.38 bits per heavy atom. The Balaban J connectivity index is 2.90. The molecule has 0 aliphatic heterocycles. The maximum Gasteiger partial charge on any atom is 0.0418 e. The molecule has 0 aliphatic carbocycles. The van der Waals surface area contributed by atoms with E-state index in [1.807, 2.05) is 30.0 Å². The van der Waals surface area contributed by atoms with Gasteiger partial charge < -0.3 is 0 Å². The lowest BCUT2D eigenvalue weighted by Crippen LogP contribution is -2.06. The maximum atomic E-state index is 5.85. The first-order valence-corrected chi connectivity index (χ1v) is 6.01. The van der Waals surface area contributed by atoms with E-state index in [0.717, 1.165) is 9.50 Å². The molecule has 1 aromatic carbocycles. The van der Waals surface area contributed by atoms with Crippen molar-refractivity contribution < 1.29 is 0 Å². The fraction of sp³-hybridized carbons (Fsp3) is 0.400. The summed E-state index contributed by atoms with van der Waals surface area (Å²) in [5.74, 6) is 0. The third-order valence-corrected chi connectivity index (χ3v) is 3.65. The maximum absolute atomic E-state index is 5.85. The Morgan fingerprint density at radius 1 is 1.31 bits per heavy atom. The third-order valence-electron chi connectivity index (χ3n) is 1.31. The topological polar surface area (TPSA) is 0 Å². The molecule has 0 saturated heterocycles. The summed E-state index contributed by atoms with van der Waals surface area (Å²) < 4.78 is 1.30. The van der Waals surface area contributed by atoms with E-state index in [1.54, 1.807) is 0 Å². The summed E-state index contributed by atoms with van der Waals surface area (Å²) in [5.41, 5.74) is 0. The summed E-state index contributed by atoms with van der Waals surface area (Å²) in [5, 5.41) is 0.769. The number of thioether (sulfide) groups is 1. The molecule has 1 aromatic rings. The normalized spacial score (nSPS) is 11.8. The number of hydrogen-bond donors (Lipinski definition) is 0. The van der Waals surface area contributed by atoms with Crippen LogP contribution < -0.4 is 0 Å². The first-order chi connectivity index (χ1) is 5.88. The van der Waals surface area contributed by atoms with Crippen molar-refractivity contribution in [3.63, 3.8) is 0 Å². The van der Waals surface area contributed by atoms with Crippen molar-refractivity contribution >= 4 is 39.3 Å². The molecule has 3 heteroatoms. The van der Waals surface area contributed by atoms with Gasteiger partial charge in [-0.1, -0.05) is 32.4 Å². The standard InChI is InChI=1S/C10H12BrClS/c1-10(2,3)13-9-5-4-7(12)6-8(9)11/h4-6H,1-3H3. The van der Waals surface area contributed by atoms with Crippen LogP contribution in [0.25, 0.3) is 0 Å². The van der Waals surface area contributed by atoms with Gasteiger partial charge in [-0.2, -0.15) is 0 Å². The SMILES string of the molecule is CC(C)(C)Sc1ccc(Cl)cc1Br. The third kappa shape index (κ3) is 3.92. The first-order valence-electron chi connectivity index (χ1n) is 4.02. The first kappa shape index (κ1) is 11.4. The highest BCUT2D eigenvalue weighted by Crippen LogP contribution is 2.37. The lowest BCUT2D eigenvalue weighted by atomic mass is 10.3. The van der Waals surface area contributed by atoms with Crippen LogP contribution in [-0.4, -0.2) is 4.75 Å². The van der Waals surface area contributed by atoms with E-state index in [0.29, 0.717) is 0 Å². The van der Waals surface area contributed by atoms with Crippen LogP contribution in [0.5, 0.6) is 0 Å². The average molecular weight is 280 g/mol. The highest BCUT2D eigenvalue weighted by Gasteiger charge is 2.13. The molecule has 0 spiro atoms. The zero-order chi connectivity index (χ0) is 10.1. The van der Waals surface area contributed by atoms with E-state index in [9.17, 15) is 0 Å². The molecule has 0 aliphatic rings. The molecule has 0 aromatic heterocycles. The molecule has 0 bridgehead atoms. The summed E-state index contributed by atoms with van der Waals surface area (Å²) >= 11 is 11.2. The van der Waals surface area contributed by atoms with Crippen molar-refractivity contribution in [2.24, 2.45) is 0 Å². The van der Waals surface area contributed by atoms with Gasteiger partial charge in [0.15, 0.2) is 0 Å². The van der Waals surface area contributed by atoms with Crippen molar-refractivity contribution in [2.45, 2.75) is 30.4 Å². The van der Waals surface area contributed by atoms with E-state index in [1.165, 1.54) is 4.90 Å². The molecule has 0 N–H and O–H groups in total. The van der Waals surface area contributed by atoms with Gasteiger partial charge in [0.2, 0.25) is 0 Å². The van der Waals surface area contributed by atoms with E-state index < -0.39 is 0 Å². The molecular formula is C10H12BrClS. The van der Waals surface area contributed by atoms with Crippen LogP contribution in [-0.2, 0) is 0 Å². The van der Waals surface area contributed by atoms with Crippen molar-refractivity contribution in [2.75, 3.05) is 0 Å². The minimum Gasteiger partial charge on any atom is -0.119 e. The summed E-state index contributed by atoms with van der Waals surface area (Å²) in [6.45, 7) is 6.58. The predicted octanol–water partition coefficient (Wildman–Crippen LogP) is 4.99. The van der Waals surface area contributed by atoms with E-state index in [-0.39, 0.29) is 4.75 Å². The Kier molecular flexibility index (Phi) is 3.73. The van der Waals surface area contributed by atoms with Gasteiger partial charge in [-0.15, -0.1) is 11.8 Å². The van der Waals surface area contributed by atoms with Gasteiger partial charge in [-0.05, 0) is 34.1 Å². The van der Waals surface area contributed by atoms with Gasteiger partial charge in [-0.3, -0.25) is 0 Å². The van der Waals surface area contributed by atoms with Crippen LogP contribution in [0.1, 0.15) is 20.8 Å². The molecule has 0 heterocycles. The average Bonchev–Trinajstić information content (AvgIpc) is 1.93. The minimum absolute atomic E-state index is 0.232. The lowest BCUT2D eigenvalue weighted by molar-refractivity contribution is 0.802. The summed E-state index contributed by atoms with van der Waals surface area (Å²) in [4.78, 5) is 1.23. The zero-order valence-corrected chi connectivity index (χ0v) is 11.1. The molecule has 0 unspecified atom stereocenters. The largest absolute Gasteiger partial charge is 0.119 e. The Hall–Kier alpha value is 0.340. The van der Waals surface area contributed by atoms with Gasteiger partial charge in [0.05, 0.1) is 0 Å². The van der Waals surface area contributed by atoms with Crippen molar-refractivity contribution in [3.05, 3.63) is 27.7 Å². The van der Waals surface area contributed by atoms with E-state index in [4.69, 9.17) is 11.6 Å². The zero-order valence-electron chi connectivity index (χ0n) is 7.90. The molecule has 1 rings (SSSR count). The van der Waals surface area contributed by atoms with E-state index in [2.05, 4.69) is 36.7 Å². The fourth-order valence-corrected chi connectivity index (χ4v) is 2.77. The van der Waals surface area contributed by atoms with Gasteiger partial charge in [0, 0.05) is 19.1 Å². The van der Waals surface area contributed by atoms with Crippen molar-refractivity contribution in [1.82, 2.24) is 0 Å². The fourth-order valence-electron chi connectivity index (χ4n) is 0.888. The summed E-state index contributed by atoms with van der Waals surface area (Å²) in [7, 11) is 0. The predicted molar refractivity (Wildman–Crippen MR) is 64.8 cm³/mol. The lowest BCUT2D eigenvalue weighted by Gasteiger charge is -2.18. The molecule has 13 heavy (non-hydrogen) atoms. The van der Waals surface area contributed by atoms with Crippen LogP contribution in [0.2, 0.25) is 5.02 Å². The Labute approximate surface area is 97.2 Å². The van der Waals surface area contributed by atoms with Crippen LogP contribution >= 0.6 is 39.3 Å². The highest BCUT2D eigenvalue weighted by atomic mass is 79.9. The molecule has 0 atom stereocenters. The number of hydrogen-bond acceptors (Lipinski definition) is 1. The minimum atomic E-state index is 0.232. The van der Waals surface area contributed by atoms with Crippen LogP contribution in [0.3, 0.4) is 0 Å². The van der Waals surface area contributed by atoms with Crippen molar-refractivity contribution in [1.29, 1.82) is 0 Å². The van der Waals surface area contributed by atoms with Gasteiger partial charge in [0.25, 0.3) is 0 Å². The number of halogens is 2. The van der Waals surface area contributed by atoms with Crippen LogP contribution in [0, 0.1) is 0 Å². The molecule has 72 valence electrons. The molecule has 0 nitrogen and oxygen atoms in total. The molecule has 0 amide bonds. The molecule has 0 saturated carbocycles. The second-order valence-electron chi connectivity index (χ2n) is 3.79. The number of benzene rings is 1. The summed E-state index contributed by atoms with van der Waals surface area (Å²) in [6, 6.07) is 5.89. The van der Waals surface area contributed by atoms with Crippen LogP contribution in [0.4, 0.5) is 0 Å². The Bertz CT molecular complexity index is 304. The van der Waals surface area contributed by atoms with E-state index >= 15 is 0 Å². The van der Waals surface area contributed by atoms with Crippen molar-refractivity contribution in [3.8, 4) is 0 Å². The van der Waals surface area contributed by atoms with Gasteiger partial charge in [-0.25, -0.2) is 0 Å². The Morgan fingerprint density at radius 2 is 1.92 bits per heavy atom. The number of rotatable bonds is 1. The monoisotopic (exact) mass is 278 g/mol. The molecule has 0 fully saturated rings. The van der Waals surface area contributed by atoms with Crippen LogP contribution in [0.15, 0.2) is 27.6 Å². The molecule has 0 radical (unpaired) electrons.